The van der Waals surface area contributed by atoms with Crippen LogP contribution in [-0.2, 0) is 6.42 Å². The van der Waals surface area contributed by atoms with Crippen LogP contribution in [0.4, 0.5) is 0 Å². The number of hydrogen-bond acceptors (Lipinski definition) is 2. The fraction of sp³-hybridized carbons (Fsp3) is 0.538. The van der Waals surface area contributed by atoms with Crippen LogP contribution in [0.5, 0.6) is 0 Å². The van der Waals surface area contributed by atoms with Crippen molar-refractivity contribution in [3.8, 4) is 0 Å². The minimum atomic E-state index is -0.247. The minimum absolute atomic E-state index is 0.247. The van der Waals surface area contributed by atoms with Gasteiger partial charge in [-0.15, -0.1) is 0 Å². The average molecular weight is 274 g/mol. The van der Waals surface area contributed by atoms with Gasteiger partial charge in [-0.1, -0.05) is 29.3 Å². The van der Waals surface area contributed by atoms with Crippen molar-refractivity contribution in [3.63, 3.8) is 0 Å². The molecule has 2 nitrogen and oxygen atoms in total. The van der Waals surface area contributed by atoms with E-state index in [0.29, 0.717) is 16.0 Å². The Hall–Kier alpha value is -0.280. The highest BCUT2D eigenvalue weighted by Gasteiger charge is 2.25. The first-order valence-electron chi connectivity index (χ1n) is 5.87. The van der Waals surface area contributed by atoms with Gasteiger partial charge in [-0.05, 0) is 50.0 Å². The third-order valence-corrected chi connectivity index (χ3v) is 4.15. The summed E-state index contributed by atoms with van der Waals surface area (Å²) in [6.45, 7) is 1.80. The van der Waals surface area contributed by atoms with E-state index in [-0.39, 0.29) is 6.10 Å². The smallest absolute Gasteiger partial charge is 0.0698 e. The summed E-state index contributed by atoms with van der Waals surface area (Å²) in [5, 5.41) is 11.2. The normalized spacial score (nSPS) is 26.1. The molecule has 1 unspecified atom stereocenters. The van der Waals surface area contributed by atoms with E-state index in [2.05, 4.69) is 4.90 Å². The maximum atomic E-state index is 10.0. The zero-order chi connectivity index (χ0) is 12.4. The number of aliphatic hydroxyl groups excluding tert-OH is 1. The standard InChI is InChI=1S/C13H17Cl2NO/c1-16-5-4-10(13(17)8-16)6-9-2-3-11(14)12(15)7-9/h2-3,7,10,13,17H,4-6,8H2,1H3/t10?,13-/m1/s1. The number of aliphatic hydroxyl groups is 1. The molecule has 0 saturated carbocycles. The topological polar surface area (TPSA) is 23.5 Å². The Kier molecular flexibility index (Phi) is 4.31. The van der Waals surface area contributed by atoms with Gasteiger partial charge in [0.05, 0.1) is 16.1 Å². The first-order chi connectivity index (χ1) is 8.06. The monoisotopic (exact) mass is 273 g/mol. The Labute approximate surface area is 112 Å². The van der Waals surface area contributed by atoms with Crippen molar-refractivity contribution in [2.75, 3.05) is 20.1 Å². The van der Waals surface area contributed by atoms with Gasteiger partial charge in [0.25, 0.3) is 0 Å². The zero-order valence-electron chi connectivity index (χ0n) is 9.87. The van der Waals surface area contributed by atoms with Crippen molar-refractivity contribution in [2.24, 2.45) is 5.92 Å². The molecule has 17 heavy (non-hydrogen) atoms. The van der Waals surface area contributed by atoms with Gasteiger partial charge in [0.1, 0.15) is 0 Å². The van der Waals surface area contributed by atoms with E-state index in [0.717, 1.165) is 31.5 Å². The molecule has 1 aromatic carbocycles. The SMILES string of the molecule is CN1CCC(Cc2ccc(Cl)c(Cl)c2)[C@H](O)C1. The number of nitrogens with zero attached hydrogens (tertiary/aromatic N) is 1. The third-order valence-electron chi connectivity index (χ3n) is 3.41. The van der Waals surface area contributed by atoms with Crippen LogP contribution in [0, 0.1) is 5.92 Å². The Morgan fingerprint density at radius 1 is 1.35 bits per heavy atom. The third kappa shape index (κ3) is 3.35. The summed E-state index contributed by atoms with van der Waals surface area (Å²) < 4.78 is 0. The second kappa shape index (κ2) is 5.57. The fourth-order valence-corrected chi connectivity index (χ4v) is 2.67. The van der Waals surface area contributed by atoms with Crippen LogP contribution in [0.1, 0.15) is 12.0 Å². The Balaban J connectivity index is 2.02. The molecule has 1 N–H and O–H groups in total. The van der Waals surface area contributed by atoms with Crippen LogP contribution in [0.25, 0.3) is 0 Å². The van der Waals surface area contributed by atoms with Crippen molar-refractivity contribution < 1.29 is 5.11 Å². The van der Waals surface area contributed by atoms with Gasteiger partial charge in [-0.3, -0.25) is 0 Å². The number of β-amino-alcohol motifs (C(OH)–C–C–N with tert-alkyl or cyclic N) is 1. The molecule has 0 radical (unpaired) electrons. The van der Waals surface area contributed by atoms with E-state index in [9.17, 15) is 5.11 Å². The van der Waals surface area contributed by atoms with Crippen molar-refractivity contribution in [1.29, 1.82) is 0 Å². The van der Waals surface area contributed by atoms with E-state index >= 15 is 0 Å². The molecule has 0 bridgehead atoms. The summed E-state index contributed by atoms with van der Waals surface area (Å²) >= 11 is 11.9. The molecule has 0 spiro atoms. The molecular weight excluding hydrogens is 257 g/mol. The lowest BCUT2D eigenvalue weighted by Gasteiger charge is -2.33. The van der Waals surface area contributed by atoms with Gasteiger partial charge < -0.3 is 10.0 Å². The predicted octanol–water partition coefficient (Wildman–Crippen LogP) is 2.85. The molecule has 1 aromatic rings. The molecule has 1 heterocycles. The summed E-state index contributed by atoms with van der Waals surface area (Å²) in [7, 11) is 2.04. The van der Waals surface area contributed by atoms with E-state index < -0.39 is 0 Å². The molecule has 4 heteroatoms. The average Bonchev–Trinajstić information content (AvgIpc) is 2.27. The number of rotatable bonds is 2. The number of hydrogen-bond donors (Lipinski definition) is 1. The number of halogens is 2. The lowest BCUT2D eigenvalue weighted by molar-refractivity contribution is 0.0326. The quantitative estimate of drug-likeness (QED) is 0.896. The van der Waals surface area contributed by atoms with Crippen LogP contribution in [0.15, 0.2) is 18.2 Å². The molecule has 1 saturated heterocycles. The number of likely N-dealkylation sites (N-methyl/N-ethyl adjacent to an activating group) is 1. The highest BCUT2D eigenvalue weighted by Crippen LogP contribution is 2.26. The van der Waals surface area contributed by atoms with Crippen LogP contribution in [0.2, 0.25) is 10.0 Å². The summed E-state index contributed by atoms with van der Waals surface area (Å²) in [4.78, 5) is 2.16. The van der Waals surface area contributed by atoms with Crippen LogP contribution >= 0.6 is 23.2 Å². The van der Waals surface area contributed by atoms with Gasteiger partial charge >= 0.3 is 0 Å². The van der Waals surface area contributed by atoms with Crippen LogP contribution in [0.3, 0.4) is 0 Å². The Morgan fingerprint density at radius 2 is 2.12 bits per heavy atom. The maximum Gasteiger partial charge on any atom is 0.0698 e. The molecule has 1 aliphatic rings. The molecule has 0 amide bonds. The number of benzene rings is 1. The Morgan fingerprint density at radius 3 is 2.76 bits per heavy atom. The van der Waals surface area contributed by atoms with Gasteiger partial charge in [-0.2, -0.15) is 0 Å². The summed E-state index contributed by atoms with van der Waals surface area (Å²) in [6, 6.07) is 5.70. The van der Waals surface area contributed by atoms with Crippen molar-refractivity contribution >= 4 is 23.2 Å². The number of likely N-dealkylation sites (tertiary alicyclic amines) is 1. The van der Waals surface area contributed by atoms with Gasteiger partial charge in [0.15, 0.2) is 0 Å². The summed E-state index contributed by atoms with van der Waals surface area (Å²) in [6.07, 6.45) is 1.65. The second-order valence-corrected chi connectivity index (χ2v) is 5.65. The molecule has 1 fully saturated rings. The second-order valence-electron chi connectivity index (χ2n) is 4.83. The predicted molar refractivity (Wildman–Crippen MR) is 71.8 cm³/mol. The van der Waals surface area contributed by atoms with Crippen molar-refractivity contribution in [2.45, 2.75) is 18.9 Å². The maximum absolute atomic E-state index is 10.0. The van der Waals surface area contributed by atoms with E-state index in [1.165, 1.54) is 0 Å². The van der Waals surface area contributed by atoms with Crippen molar-refractivity contribution in [1.82, 2.24) is 4.90 Å². The molecule has 94 valence electrons. The largest absolute Gasteiger partial charge is 0.391 e. The first-order valence-corrected chi connectivity index (χ1v) is 6.62. The summed E-state index contributed by atoms with van der Waals surface area (Å²) in [5.41, 5.74) is 1.15. The molecule has 0 aliphatic carbocycles. The number of piperidine rings is 1. The van der Waals surface area contributed by atoms with Crippen LogP contribution < -0.4 is 0 Å². The van der Waals surface area contributed by atoms with E-state index in [4.69, 9.17) is 23.2 Å². The molecule has 0 aromatic heterocycles. The molecule has 1 aliphatic heterocycles. The van der Waals surface area contributed by atoms with Gasteiger partial charge in [0.2, 0.25) is 0 Å². The van der Waals surface area contributed by atoms with E-state index in [1.807, 2.05) is 25.2 Å². The minimum Gasteiger partial charge on any atom is -0.391 e. The van der Waals surface area contributed by atoms with Crippen LogP contribution in [-0.4, -0.2) is 36.2 Å². The summed E-state index contributed by atoms with van der Waals surface area (Å²) in [5.74, 6) is 0.323. The zero-order valence-corrected chi connectivity index (χ0v) is 11.4. The lowest BCUT2D eigenvalue weighted by Crippen LogP contribution is -2.42. The lowest BCUT2D eigenvalue weighted by atomic mass is 9.88. The molecule has 2 atom stereocenters. The van der Waals surface area contributed by atoms with E-state index in [1.54, 1.807) is 0 Å². The highest BCUT2D eigenvalue weighted by molar-refractivity contribution is 6.42. The molecular formula is C13H17Cl2NO. The molecule has 2 rings (SSSR count). The van der Waals surface area contributed by atoms with Gasteiger partial charge in [-0.25, -0.2) is 0 Å². The highest BCUT2D eigenvalue weighted by atomic mass is 35.5. The Bertz CT molecular complexity index is 397. The van der Waals surface area contributed by atoms with Gasteiger partial charge in [0, 0.05) is 6.54 Å². The van der Waals surface area contributed by atoms with Crippen molar-refractivity contribution in [3.05, 3.63) is 33.8 Å². The fourth-order valence-electron chi connectivity index (χ4n) is 2.35. The first kappa shape index (κ1) is 13.2.